The van der Waals surface area contributed by atoms with E-state index in [9.17, 15) is 13.6 Å². The maximum absolute atomic E-state index is 12.2. The van der Waals surface area contributed by atoms with E-state index >= 15 is 0 Å². The van der Waals surface area contributed by atoms with Gasteiger partial charge in [0.25, 0.3) is 5.91 Å². The van der Waals surface area contributed by atoms with E-state index in [1.54, 1.807) is 13.0 Å². The Kier molecular flexibility index (Phi) is 3.74. The van der Waals surface area contributed by atoms with Crippen molar-refractivity contribution in [2.75, 3.05) is 5.32 Å². The summed E-state index contributed by atoms with van der Waals surface area (Å²) >= 11 is 0. The van der Waals surface area contributed by atoms with E-state index in [0.29, 0.717) is 5.82 Å². The number of alkyl halides is 2. The molecule has 1 amide bonds. The Morgan fingerprint density at radius 2 is 2.16 bits per heavy atom. The molecule has 7 heteroatoms. The summed E-state index contributed by atoms with van der Waals surface area (Å²) in [5.41, 5.74) is 0.407. The number of amides is 1. The van der Waals surface area contributed by atoms with Gasteiger partial charge in [-0.25, -0.2) is 4.98 Å². The number of nitrogens with zero attached hydrogens (tertiary/aromatic N) is 1. The molecule has 0 saturated heterocycles. The molecule has 0 aliphatic carbocycles. The monoisotopic (exact) mass is 267 g/mol. The number of carbonyl (C=O) groups is 1. The van der Waals surface area contributed by atoms with Crippen LogP contribution in [0.3, 0.4) is 0 Å². The first kappa shape index (κ1) is 13.0. The number of ether oxygens (including phenoxy) is 1. The molecule has 1 aromatic carbocycles. The fourth-order valence-corrected chi connectivity index (χ4v) is 1.49. The first-order valence-electron chi connectivity index (χ1n) is 5.43. The van der Waals surface area contributed by atoms with E-state index < -0.39 is 12.5 Å². The molecule has 5 nitrogen and oxygen atoms in total. The van der Waals surface area contributed by atoms with Gasteiger partial charge < -0.3 is 15.0 Å². The summed E-state index contributed by atoms with van der Waals surface area (Å²) in [7, 11) is 0. The van der Waals surface area contributed by atoms with E-state index in [-0.39, 0.29) is 17.1 Å². The predicted molar refractivity (Wildman–Crippen MR) is 64.4 cm³/mol. The molecule has 19 heavy (non-hydrogen) atoms. The quantitative estimate of drug-likeness (QED) is 0.894. The van der Waals surface area contributed by atoms with E-state index in [0.717, 1.165) is 0 Å². The average Bonchev–Trinajstić information content (AvgIpc) is 2.78. The molecule has 0 fully saturated rings. The Balaban J connectivity index is 2.16. The van der Waals surface area contributed by atoms with E-state index in [2.05, 4.69) is 20.0 Å². The Morgan fingerprint density at radius 3 is 2.79 bits per heavy atom. The standard InChI is InChI=1S/C12H11F2N3O2/c1-7-15-6-9(16-7)11(18)17-8-4-2-3-5-10(8)19-12(13)14/h2-6,12H,1H3,(H,15,16)(H,17,18). The van der Waals surface area contributed by atoms with Gasteiger partial charge in [0.15, 0.2) is 0 Å². The van der Waals surface area contributed by atoms with Crippen LogP contribution in [0.25, 0.3) is 0 Å². The van der Waals surface area contributed by atoms with Gasteiger partial charge in [-0.3, -0.25) is 4.79 Å². The number of H-pyrrole nitrogens is 1. The molecule has 0 saturated carbocycles. The number of carbonyl (C=O) groups excluding carboxylic acids is 1. The van der Waals surface area contributed by atoms with Crippen molar-refractivity contribution in [3.63, 3.8) is 0 Å². The topological polar surface area (TPSA) is 67.0 Å². The molecule has 1 heterocycles. The van der Waals surface area contributed by atoms with Gasteiger partial charge in [-0.1, -0.05) is 12.1 Å². The zero-order chi connectivity index (χ0) is 13.8. The molecule has 0 aliphatic heterocycles. The van der Waals surface area contributed by atoms with Crippen molar-refractivity contribution < 1.29 is 18.3 Å². The predicted octanol–water partition coefficient (Wildman–Crippen LogP) is 2.57. The van der Waals surface area contributed by atoms with Crippen molar-refractivity contribution in [1.29, 1.82) is 0 Å². The van der Waals surface area contributed by atoms with Gasteiger partial charge in [0.1, 0.15) is 17.3 Å². The molecule has 0 radical (unpaired) electrons. The second kappa shape index (κ2) is 5.47. The summed E-state index contributed by atoms with van der Waals surface area (Å²) in [6.45, 7) is -1.25. The largest absolute Gasteiger partial charge is 0.433 e. The van der Waals surface area contributed by atoms with Crippen molar-refractivity contribution in [3.05, 3.63) is 42.0 Å². The van der Waals surface area contributed by atoms with Crippen molar-refractivity contribution >= 4 is 11.6 Å². The number of nitrogens with one attached hydrogen (secondary N) is 2. The van der Waals surface area contributed by atoms with Crippen molar-refractivity contribution in [2.24, 2.45) is 0 Å². The highest BCUT2D eigenvalue weighted by Gasteiger charge is 2.13. The van der Waals surface area contributed by atoms with Crippen LogP contribution >= 0.6 is 0 Å². The first-order chi connectivity index (χ1) is 9.06. The number of hydrogen-bond acceptors (Lipinski definition) is 3. The van der Waals surface area contributed by atoms with Gasteiger partial charge in [0, 0.05) is 0 Å². The van der Waals surface area contributed by atoms with Crippen molar-refractivity contribution in [1.82, 2.24) is 9.97 Å². The van der Waals surface area contributed by atoms with Crippen LogP contribution in [0.1, 0.15) is 16.3 Å². The number of anilines is 1. The lowest BCUT2D eigenvalue weighted by atomic mass is 10.3. The minimum Gasteiger partial charge on any atom is -0.433 e. The molecule has 100 valence electrons. The molecule has 0 bridgehead atoms. The minimum atomic E-state index is -2.95. The van der Waals surface area contributed by atoms with Crippen LogP contribution in [0.5, 0.6) is 5.75 Å². The van der Waals surface area contributed by atoms with Gasteiger partial charge in [-0.2, -0.15) is 8.78 Å². The van der Waals surface area contributed by atoms with Gasteiger partial charge in [-0.05, 0) is 19.1 Å². The summed E-state index contributed by atoms with van der Waals surface area (Å²) in [6, 6.07) is 5.96. The number of para-hydroxylation sites is 2. The van der Waals surface area contributed by atoms with Crippen LogP contribution in [0.2, 0.25) is 0 Å². The zero-order valence-corrected chi connectivity index (χ0v) is 9.98. The number of benzene rings is 1. The number of imidazole rings is 1. The Bertz CT molecular complexity index is 584. The first-order valence-corrected chi connectivity index (χ1v) is 5.43. The van der Waals surface area contributed by atoms with Crippen molar-refractivity contribution in [3.8, 4) is 5.75 Å². The van der Waals surface area contributed by atoms with Crippen LogP contribution in [0.4, 0.5) is 14.5 Å². The lowest BCUT2D eigenvalue weighted by Crippen LogP contribution is -2.14. The summed E-state index contributed by atoms with van der Waals surface area (Å²) in [6.07, 6.45) is 1.36. The summed E-state index contributed by atoms with van der Waals surface area (Å²) in [5, 5.41) is 2.48. The number of hydrogen-bond donors (Lipinski definition) is 2. The maximum Gasteiger partial charge on any atom is 0.387 e. The zero-order valence-electron chi connectivity index (χ0n) is 9.98. The van der Waals surface area contributed by atoms with E-state index in [1.807, 2.05) is 0 Å². The molecule has 0 atom stereocenters. The summed E-state index contributed by atoms with van der Waals surface area (Å²) in [5.74, 6) is 0.00951. The molecule has 2 aromatic rings. The molecule has 2 N–H and O–H groups in total. The molecular weight excluding hydrogens is 256 g/mol. The SMILES string of the molecule is Cc1ncc(C(=O)Nc2ccccc2OC(F)F)[nH]1. The molecule has 1 aromatic heterocycles. The second-order valence-corrected chi connectivity index (χ2v) is 3.71. The van der Waals surface area contributed by atoms with Gasteiger partial charge in [0.2, 0.25) is 0 Å². The fourth-order valence-electron chi connectivity index (χ4n) is 1.49. The lowest BCUT2D eigenvalue weighted by molar-refractivity contribution is -0.0493. The third-order valence-electron chi connectivity index (χ3n) is 2.30. The van der Waals surface area contributed by atoms with Crippen LogP contribution in [-0.4, -0.2) is 22.5 Å². The van der Waals surface area contributed by atoms with E-state index in [4.69, 9.17) is 0 Å². The van der Waals surface area contributed by atoms with E-state index in [1.165, 1.54) is 24.4 Å². The third kappa shape index (κ3) is 3.27. The van der Waals surface area contributed by atoms with Gasteiger partial charge in [0.05, 0.1) is 11.9 Å². The number of aromatic nitrogens is 2. The fraction of sp³-hybridized carbons (Fsp3) is 0.167. The Morgan fingerprint density at radius 1 is 1.42 bits per heavy atom. The van der Waals surface area contributed by atoms with Crippen LogP contribution in [-0.2, 0) is 0 Å². The maximum atomic E-state index is 12.2. The number of rotatable bonds is 4. The Labute approximate surface area is 107 Å². The summed E-state index contributed by atoms with van der Waals surface area (Å²) in [4.78, 5) is 18.5. The van der Waals surface area contributed by atoms with Crippen LogP contribution < -0.4 is 10.1 Å². The number of aromatic amines is 1. The van der Waals surface area contributed by atoms with Crippen molar-refractivity contribution in [2.45, 2.75) is 13.5 Å². The van der Waals surface area contributed by atoms with Crippen LogP contribution in [0, 0.1) is 6.92 Å². The molecule has 0 spiro atoms. The molecule has 0 aliphatic rings. The summed E-state index contributed by atoms with van der Waals surface area (Å²) < 4.78 is 28.7. The normalized spacial score (nSPS) is 10.5. The smallest absolute Gasteiger partial charge is 0.387 e. The number of aryl methyl sites for hydroxylation is 1. The third-order valence-corrected chi connectivity index (χ3v) is 2.30. The average molecular weight is 267 g/mol. The molecular formula is C12H11F2N3O2. The molecule has 2 rings (SSSR count). The molecule has 0 unspecified atom stereocenters. The second-order valence-electron chi connectivity index (χ2n) is 3.71. The van der Waals surface area contributed by atoms with Gasteiger partial charge >= 0.3 is 6.61 Å². The van der Waals surface area contributed by atoms with Crippen LogP contribution in [0.15, 0.2) is 30.5 Å². The highest BCUT2D eigenvalue weighted by Crippen LogP contribution is 2.25. The lowest BCUT2D eigenvalue weighted by Gasteiger charge is -2.10. The highest BCUT2D eigenvalue weighted by atomic mass is 19.3. The Hall–Kier alpha value is -2.44. The number of halogens is 2. The van der Waals surface area contributed by atoms with Gasteiger partial charge in [-0.15, -0.1) is 0 Å². The highest BCUT2D eigenvalue weighted by molar-refractivity contribution is 6.03. The minimum absolute atomic E-state index is 0.0953.